The van der Waals surface area contributed by atoms with Crippen molar-refractivity contribution in [1.29, 1.82) is 5.26 Å². The van der Waals surface area contributed by atoms with Crippen molar-refractivity contribution in [2.75, 3.05) is 18.5 Å². The van der Waals surface area contributed by atoms with Crippen LogP contribution < -0.4 is 5.32 Å². The minimum atomic E-state index is 0.0825. The number of aromatic nitrogens is 2. The Morgan fingerprint density at radius 1 is 1.26 bits per heavy atom. The summed E-state index contributed by atoms with van der Waals surface area (Å²) in [5.74, 6) is 0.892. The Morgan fingerprint density at radius 2 is 2.04 bits per heavy atom. The predicted molar refractivity (Wildman–Crippen MR) is 87.8 cm³/mol. The summed E-state index contributed by atoms with van der Waals surface area (Å²) in [6.07, 6.45) is 5.35. The summed E-state index contributed by atoms with van der Waals surface area (Å²) in [5, 5.41) is 12.4. The van der Waals surface area contributed by atoms with Crippen LogP contribution in [-0.4, -0.2) is 23.1 Å². The molecule has 1 saturated heterocycles. The van der Waals surface area contributed by atoms with Gasteiger partial charge in [0.1, 0.15) is 6.07 Å². The van der Waals surface area contributed by atoms with Crippen LogP contribution in [0.15, 0.2) is 36.7 Å². The van der Waals surface area contributed by atoms with Gasteiger partial charge < -0.3 is 10.1 Å². The molecule has 1 N–H and O–H groups in total. The number of nitriles is 1. The molecule has 2 aromatic rings. The highest BCUT2D eigenvalue weighted by atomic mass is 16.5. The van der Waals surface area contributed by atoms with E-state index >= 15 is 0 Å². The van der Waals surface area contributed by atoms with Crippen molar-refractivity contribution in [3.05, 3.63) is 53.5 Å². The summed E-state index contributed by atoms with van der Waals surface area (Å²) in [4.78, 5) is 8.24. The van der Waals surface area contributed by atoms with Gasteiger partial charge in [0.05, 0.1) is 6.10 Å². The Balaban J connectivity index is 1.72. The van der Waals surface area contributed by atoms with Gasteiger partial charge in [-0.3, -0.25) is 0 Å². The van der Waals surface area contributed by atoms with Gasteiger partial charge >= 0.3 is 0 Å². The Hall–Kier alpha value is -2.45. The zero-order valence-electron chi connectivity index (χ0n) is 13.2. The van der Waals surface area contributed by atoms with E-state index in [1.54, 1.807) is 6.20 Å². The summed E-state index contributed by atoms with van der Waals surface area (Å²) in [6, 6.07) is 10.6. The lowest BCUT2D eigenvalue weighted by Crippen LogP contribution is -2.28. The van der Waals surface area contributed by atoms with E-state index in [0.29, 0.717) is 24.0 Å². The summed E-state index contributed by atoms with van der Waals surface area (Å²) in [7, 11) is 0. The van der Waals surface area contributed by atoms with Gasteiger partial charge in [0.15, 0.2) is 11.5 Å². The molecule has 0 radical (unpaired) electrons. The normalized spacial score (nSPS) is 20.7. The van der Waals surface area contributed by atoms with E-state index in [0.717, 1.165) is 19.4 Å². The highest BCUT2D eigenvalue weighted by Gasteiger charge is 2.27. The topological polar surface area (TPSA) is 70.8 Å². The van der Waals surface area contributed by atoms with Crippen LogP contribution in [-0.2, 0) is 4.74 Å². The molecule has 1 aromatic carbocycles. The molecule has 5 nitrogen and oxygen atoms in total. The largest absolute Gasteiger partial charge is 0.373 e. The quantitative estimate of drug-likeness (QED) is 0.939. The average Bonchev–Trinajstić information content (AvgIpc) is 2.61. The summed E-state index contributed by atoms with van der Waals surface area (Å²) >= 11 is 0. The van der Waals surface area contributed by atoms with Gasteiger partial charge in [-0.05, 0) is 25.3 Å². The summed E-state index contributed by atoms with van der Waals surface area (Å²) < 4.78 is 6.02. The van der Waals surface area contributed by atoms with Crippen molar-refractivity contribution in [2.45, 2.75) is 25.9 Å². The van der Waals surface area contributed by atoms with Crippen molar-refractivity contribution in [1.82, 2.24) is 9.97 Å². The maximum absolute atomic E-state index is 9.09. The number of hydrogen-bond donors (Lipinski definition) is 1. The van der Waals surface area contributed by atoms with Crippen molar-refractivity contribution >= 4 is 5.82 Å². The molecule has 0 amide bonds. The minimum Gasteiger partial charge on any atom is -0.373 e. The van der Waals surface area contributed by atoms with Crippen molar-refractivity contribution < 1.29 is 4.74 Å². The first-order valence-electron chi connectivity index (χ1n) is 7.91. The summed E-state index contributed by atoms with van der Waals surface area (Å²) in [6.45, 7) is 3.59. The summed E-state index contributed by atoms with van der Waals surface area (Å²) in [5.41, 5.74) is 2.79. The van der Waals surface area contributed by atoms with Crippen LogP contribution in [0.1, 0.15) is 35.8 Å². The molecule has 23 heavy (non-hydrogen) atoms. The highest BCUT2D eigenvalue weighted by molar-refractivity contribution is 5.46. The molecule has 5 heteroatoms. The third kappa shape index (κ3) is 3.66. The molecule has 3 rings (SSSR count). The van der Waals surface area contributed by atoms with Crippen LogP contribution in [0.3, 0.4) is 0 Å². The van der Waals surface area contributed by atoms with Gasteiger partial charge in [-0.25, -0.2) is 9.97 Å². The lowest BCUT2D eigenvalue weighted by molar-refractivity contribution is -0.0238. The van der Waals surface area contributed by atoms with Gasteiger partial charge in [0.25, 0.3) is 0 Å². The number of aryl methyl sites for hydroxylation is 1. The maximum atomic E-state index is 9.09. The SMILES string of the molecule is Cc1ccc([C@H]2OCCC[C@@H]2CNc2nccnc2C#N)cc1. The molecule has 1 fully saturated rings. The van der Waals surface area contributed by atoms with Gasteiger partial charge in [0.2, 0.25) is 0 Å². The predicted octanol–water partition coefficient (Wildman–Crippen LogP) is 3.24. The van der Waals surface area contributed by atoms with E-state index in [-0.39, 0.29) is 6.10 Å². The fraction of sp³-hybridized carbons (Fsp3) is 0.389. The van der Waals surface area contributed by atoms with Crippen LogP contribution in [0.4, 0.5) is 5.82 Å². The average molecular weight is 308 g/mol. The van der Waals surface area contributed by atoms with E-state index in [4.69, 9.17) is 10.00 Å². The monoisotopic (exact) mass is 308 g/mol. The maximum Gasteiger partial charge on any atom is 0.182 e. The Bertz CT molecular complexity index is 693. The number of nitrogens with zero attached hydrogens (tertiary/aromatic N) is 3. The Morgan fingerprint density at radius 3 is 2.83 bits per heavy atom. The van der Waals surface area contributed by atoms with E-state index in [2.05, 4.69) is 52.5 Å². The van der Waals surface area contributed by atoms with E-state index in [1.807, 2.05) is 0 Å². The first kappa shape index (κ1) is 15.4. The van der Waals surface area contributed by atoms with Gasteiger partial charge in [-0.15, -0.1) is 0 Å². The molecule has 1 aliphatic heterocycles. The number of nitrogens with one attached hydrogen (secondary N) is 1. The third-order valence-corrected chi connectivity index (χ3v) is 4.19. The number of anilines is 1. The molecule has 0 saturated carbocycles. The molecule has 1 aliphatic rings. The molecule has 0 aliphatic carbocycles. The fourth-order valence-electron chi connectivity index (χ4n) is 2.95. The van der Waals surface area contributed by atoms with E-state index in [1.165, 1.54) is 17.3 Å². The molecule has 0 spiro atoms. The molecule has 118 valence electrons. The fourth-order valence-corrected chi connectivity index (χ4v) is 2.95. The van der Waals surface area contributed by atoms with Crippen LogP contribution in [0.5, 0.6) is 0 Å². The first-order valence-corrected chi connectivity index (χ1v) is 7.91. The number of ether oxygens (including phenoxy) is 1. The zero-order valence-corrected chi connectivity index (χ0v) is 13.2. The number of benzene rings is 1. The zero-order chi connectivity index (χ0) is 16.1. The third-order valence-electron chi connectivity index (χ3n) is 4.19. The number of rotatable bonds is 4. The van der Waals surface area contributed by atoms with E-state index in [9.17, 15) is 0 Å². The van der Waals surface area contributed by atoms with Crippen LogP contribution >= 0.6 is 0 Å². The standard InChI is InChI=1S/C18H20N4O/c1-13-4-6-14(7-5-13)17-15(3-2-10-23-17)12-22-18-16(11-19)20-8-9-21-18/h4-9,15,17H,2-3,10,12H2,1H3,(H,21,22)/t15-,17-/m1/s1. The van der Waals surface area contributed by atoms with Gasteiger partial charge in [-0.2, -0.15) is 5.26 Å². The molecular weight excluding hydrogens is 288 g/mol. The van der Waals surface area contributed by atoms with Gasteiger partial charge in [0, 0.05) is 31.5 Å². The van der Waals surface area contributed by atoms with E-state index < -0.39 is 0 Å². The Kier molecular flexibility index (Phi) is 4.84. The number of hydrogen-bond acceptors (Lipinski definition) is 5. The smallest absolute Gasteiger partial charge is 0.182 e. The Labute approximate surface area is 136 Å². The molecule has 2 atom stereocenters. The van der Waals surface area contributed by atoms with Gasteiger partial charge in [-0.1, -0.05) is 29.8 Å². The second kappa shape index (κ2) is 7.21. The van der Waals surface area contributed by atoms with Crippen LogP contribution in [0, 0.1) is 24.2 Å². The second-order valence-electron chi connectivity index (χ2n) is 5.85. The van der Waals surface area contributed by atoms with Crippen molar-refractivity contribution in [2.24, 2.45) is 5.92 Å². The van der Waals surface area contributed by atoms with Crippen molar-refractivity contribution in [3.63, 3.8) is 0 Å². The molecule has 0 unspecified atom stereocenters. The molecule has 0 bridgehead atoms. The molecular formula is C18H20N4O. The molecule has 2 heterocycles. The second-order valence-corrected chi connectivity index (χ2v) is 5.85. The molecule has 1 aromatic heterocycles. The minimum absolute atomic E-state index is 0.0825. The van der Waals surface area contributed by atoms with Crippen molar-refractivity contribution in [3.8, 4) is 6.07 Å². The lowest BCUT2D eigenvalue weighted by Gasteiger charge is -2.32. The van der Waals surface area contributed by atoms with Crippen LogP contribution in [0.2, 0.25) is 0 Å². The highest BCUT2D eigenvalue weighted by Crippen LogP contribution is 2.33. The lowest BCUT2D eigenvalue weighted by atomic mass is 9.89. The first-order chi connectivity index (χ1) is 11.3. The van der Waals surface area contributed by atoms with Crippen LogP contribution in [0.25, 0.3) is 0 Å².